The largest absolute Gasteiger partial charge is 0.314 e. The third kappa shape index (κ3) is 2.86. The summed E-state index contributed by atoms with van der Waals surface area (Å²) in [6.07, 6.45) is 1.34. The summed E-state index contributed by atoms with van der Waals surface area (Å²) >= 11 is 3.61. The van der Waals surface area contributed by atoms with E-state index in [-0.39, 0.29) is 0 Å². The van der Waals surface area contributed by atoms with Crippen molar-refractivity contribution in [1.29, 1.82) is 0 Å². The highest BCUT2D eigenvalue weighted by atomic mass is 79.9. The van der Waals surface area contributed by atoms with E-state index in [0.29, 0.717) is 6.04 Å². The molecule has 0 spiro atoms. The Morgan fingerprint density at radius 2 is 2.19 bits per heavy atom. The van der Waals surface area contributed by atoms with Crippen LogP contribution in [0.3, 0.4) is 0 Å². The van der Waals surface area contributed by atoms with Crippen molar-refractivity contribution in [1.82, 2.24) is 5.32 Å². The second-order valence-corrected chi connectivity index (χ2v) is 6.03. The molecule has 1 fully saturated rings. The molecule has 88 valence electrons. The summed E-state index contributed by atoms with van der Waals surface area (Å²) in [6.45, 7) is 7.71. The number of hydrogen-bond acceptors (Lipinski definition) is 1. The lowest BCUT2D eigenvalue weighted by atomic mass is 10.1. The zero-order valence-electron chi connectivity index (χ0n) is 10.3. The normalized spacial score (nSPS) is 23.8. The molecular weight excluding hydrogens is 262 g/mol. The van der Waals surface area contributed by atoms with Gasteiger partial charge in [-0.15, -0.1) is 0 Å². The van der Waals surface area contributed by atoms with Crippen LogP contribution in [0.2, 0.25) is 0 Å². The number of nitrogens with one attached hydrogen (secondary N) is 1. The topological polar surface area (TPSA) is 12.0 Å². The summed E-state index contributed by atoms with van der Waals surface area (Å²) in [5.74, 6) is 1.63. The van der Waals surface area contributed by atoms with Gasteiger partial charge in [-0.2, -0.15) is 0 Å². The molecule has 16 heavy (non-hydrogen) atoms. The Morgan fingerprint density at radius 1 is 1.44 bits per heavy atom. The van der Waals surface area contributed by atoms with Crippen LogP contribution in [0, 0.1) is 12.8 Å². The van der Waals surface area contributed by atoms with E-state index in [9.17, 15) is 0 Å². The van der Waals surface area contributed by atoms with Crippen LogP contribution in [0.5, 0.6) is 0 Å². The molecule has 1 N–H and O–H groups in total. The van der Waals surface area contributed by atoms with Gasteiger partial charge < -0.3 is 5.32 Å². The van der Waals surface area contributed by atoms with Gasteiger partial charge in [-0.05, 0) is 48.9 Å². The van der Waals surface area contributed by atoms with Crippen molar-refractivity contribution in [3.8, 4) is 0 Å². The van der Waals surface area contributed by atoms with Crippen LogP contribution in [-0.2, 0) is 0 Å². The van der Waals surface area contributed by atoms with E-state index >= 15 is 0 Å². The molecule has 0 radical (unpaired) electrons. The van der Waals surface area contributed by atoms with Crippen LogP contribution in [0.15, 0.2) is 22.7 Å². The van der Waals surface area contributed by atoms with E-state index in [1.807, 2.05) is 0 Å². The van der Waals surface area contributed by atoms with Crippen LogP contribution >= 0.6 is 15.9 Å². The molecular formula is C14H20BrN. The molecule has 0 heterocycles. The number of aryl methyl sites for hydroxylation is 1. The maximum atomic E-state index is 3.61. The first-order valence-electron chi connectivity index (χ1n) is 6.07. The fourth-order valence-electron chi connectivity index (χ4n) is 2.11. The standard InChI is InChI=1S/C14H20BrN/c1-9(2)16-8-12-6-13(12)11-5-4-10(3)14(15)7-11/h4-5,7,9,12-13,16H,6,8H2,1-3H3. The SMILES string of the molecule is Cc1ccc(C2CC2CNC(C)C)cc1Br. The van der Waals surface area contributed by atoms with Crippen LogP contribution in [0.4, 0.5) is 0 Å². The highest BCUT2D eigenvalue weighted by molar-refractivity contribution is 9.10. The Bertz CT molecular complexity index is 373. The van der Waals surface area contributed by atoms with E-state index < -0.39 is 0 Å². The smallest absolute Gasteiger partial charge is 0.0207 e. The van der Waals surface area contributed by atoms with Crippen molar-refractivity contribution >= 4 is 15.9 Å². The fourth-order valence-corrected chi connectivity index (χ4v) is 2.50. The van der Waals surface area contributed by atoms with Crippen LogP contribution < -0.4 is 5.32 Å². The Labute approximate surface area is 107 Å². The lowest BCUT2D eigenvalue weighted by Crippen LogP contribution is -2.25. The van der Waals surface area contributed by atoms with Gasteiger partial charge in [0, 0.05) is 10.5 Å². The van der Waals surface area contributed by atoms with Crippen LogP contribution in [-0.4, -0.2) is 12.6 Å². The van der Waals surface area contributed by atoms with E-state index in [1.165, 1.54) is 22.0 Å². The first-order valence-corrected chi connectivity index (χ1v) is 6.86. The Hall–Kier alpha value is -0.340. The van der Waals surface area contributed by atoms with Gasteiger partial charge in [-0.3, -0.25) is 0 Å². The molecule has 0 bridgehead atoms. The van der Waals surface area contributed by atoms with Crippen molar-refractivity contribution in [2.75, 3.05) is 6.54 Å². The molecule has 0 aliphatic heterocycles. The average Bonchev–Trinajstić information content (AvgIpc) is 2.98. The fraction of sp³-hybridized carbons (Fsp3) is 0.571. The molecule has 0 aromatic heterocycles. The molecule has 0 saturated heterocycles. The molecule has 1 aromatic rings. The van der Waals surface area contributed by atoms with Gasteiger partial charge in [-0.1, -0.05) is 41.9 Å². The van der Waals surface area contributed by atoms with Gasteiger partial charge in [0.2, 0.25) is 0 Å². The van der Waals surface area contributed by atoms with E-state index in [0.717, 1.165) is 18.4 Å². The van der Waals surface area contributed by atoms with Gasteiger partial charge in [0.25, 0.3) is 0 Å². The summed E-state index contributed by atoms with van der Waals surface area (Å²) in [4.78, 5) is 0. The molecule has 1 aliphatic rings. The molecule has 2 rings (SSSR count). The number of halogens is 1. The maximum absolute atomic E-state index is 3.61. The molecule has 1 saturated carbocycles. The van der Waals surface area contributed by atoms with Gasteiger partial charge in [0.1, 0.15) is 0 Å². The number of hydrogen-bond donors (Lipinski definition) is 1. The Morgan fingerprint density at radius 3 is 2.81 bits per heavy atom. The van der Waals surface area contributed by atoms with Crippen molar-refractivity contribution in [2.45, 2.75) is 39.2 Å². The lowest BCUT2D eigenvalue weighted by molar-refractivity contribution is 0.554. The minimum absolute atomic E-state index is 0.603. The summed E-state index contributed by atoms with van der Waals surface area (Å²) in [6, 6.07) is 7.38. The molecule has 2 atom stereocenters. The van der Waals surface area contributed by atoms with Crippen LogP contribution in [0.1, 0.15) is 37.3 Å². The second-order valence-electron chi connectivity index (χ2n) is 5.17. The average molecular weight is 282 g/mol. The van der Waals surface area contributed by atoms with E-state index in [4.69, 9.17) is 0 Å². The van der Waals surface area contributed by atoms with Crippen LogP contribution in [0.25, 0.3) is 0 Å². The Balaban J connectivity index is 1.93. The summed E-state index contributed by atoms with van der Waals surface area (Å²) in [5, 5.41) is 3.52. The predicted molar refractivity (Wildman–Crippen MR) is 72.9 cm³/mol. The highest BCUT2D eigenvalue weighted by Gasteiger charge is 2.37. The highest BCUT2D eigenvalue weighted by Crippen LogP contribution is 2.47. The molecule has 2 heteroatoms. The minimum Gasteiger partial charge on any atom is -0.314 e. The second kappa shape index (κ2) is 4.89. The van der Waals surface area contributed by atoms with E-state index in [1.54, 1.807) is 0 Å². The van der Waals surface area contributed by atoms with E-state index in [2.05, 4.69) is 60.2 Å². The lowest BCUT2D eigenvalue weighted by Gasteiger charge is -2.08. The molecule has 1 nitrogen and oxygen atoms in total. The minimum atomic E-state index is 0.603. The monoisotopic (exact) mass is 281 g/mol. The molecule has 1 aromatic carbocycles. The molecule has 0 amide bonds. The predicted octanol–water partition coefficient (Wildman–Crippen LogP) is 3.86. The first kappa shape index (κ1) is 12.1. The third-order valence-electron chi connectivity index (χ3n) is 3.33. The van der Waals surface area contributed by atoms with Gasteiger partial charge in [0.15, 0.2) is 0 Å². The van der Waals surface area contributed by atoms with Crippen molar-refractivity contribution in [3.63, 3.8) is 0 Å². The first-order chi connectivity index (χ1) is 7.58. The quantitative estimate of drug-likeness (QED) is 0.884. The van der Waals surface area contributed by atoms with Gasteiger partial charge in [-0.25, -0.2) is 0 Å². The Kier molecular flexibility index (Phi) is 3.70. The number of rotatable bonds is 4. The molecule has 2 unspecified atom stereocenters. The zero-order valence-corrected chi connectivity index (χ0v) is 11.8. The van der Waals surface area contributed by atoms with Crippen molar-refractivity contribution in [2.24, 2.45) is 5.92 Å². The summed E-state index contributed by atoms with van der Waals surface area (Å²) in [5.41, 5.74) is 2.81. The van der Waals surface area contributed by atoms with Crippen molar-refractivity contribution < 1.29 is 0 Å². The maximum Gasteiger partial charge on any atom is 0.0207 e. The molecule has 1 aliphatic carbocycles. The van der Waals surface area contributed by atoms with Gasteiger partial charge in [0.05, 0.1) is 0 Å². The summed E-state index contributed by atoms with van der Waals surface area (Å²) in [7, 11) is 0. The van der Waals surface area contributed by atoms with Gasteiger partial charge >= 0.3 is 0 Å². The number of benzene rings is 1. The summed E-state index contributed by atoms with van der Waals surface area (Å²) < 4.78 is 1.24. The zero-order chi connectivity index (χ0) is 11.7. The third-order valence-corrected chi connectivity index (χ3v) is 4.19. The van der Waals surface area contributed by atoms with Crippen molar-refractivity contribution in [3.05, 3.63) is 33.8 Å².